The summed E-state index contributed by atoms with van der Waals surface area (Å²) in [5.74, 6) is 1.06. The van der Waals surface area contributed by atoms with Crippen LogP contribution < -0.4 is 9.47 Å². The van der Waals surface area contributed by atoms with Gasteiger partial charge in [0.1, 0.15) is 12.3 Å². The first-order valence-corrected chi connectivity index (χ1v) is 7.39. The molecule has 0 unspecified atom stereocenters. The average Bonchev–Trinajstić information content (AvgIpc) is 2.94. The molecular weight excluding hydrogens is 316 g/mol. The third kappa shape index (κ3) is 3.29. The first kappa shape index (κ1) is 15.4. The Morgan fingerprint density at radius 3 is 2.78 bits per heavy atom. The van der Waals surface area contributed by atoms with Crippen LogP contribution >= 0.6 is 11.6 Å². The number of benzene rings is 1. The number of methoxy groups -OCH3 is 1. The van der Waals surface area contributed by atoms with Gasteiger partial charge in [0.2, 0.25) is 0 Å². The molecule has 0 aliphatic rings. The van der Waals surface area contributed by atoms with Crippen LogP contribution in [0.25, 0.3) is 5.65 Å². The standard InChI is InChI=1S/C17H15ClN2O3/c1-11(21)12-3-5-15(16(7-12)22-2)23-10-14-9-20-8-13(18)4-6-17(20)19-14/h3-9H,10H2,1-2H3. The lowest BCUT2D eigenvalue weighted by atomic mass is 10.1. The maximum atomic E-state index is 11.4. The zero-order chi connectivity index (χ0) is 16.4. The van der Waals surface area contributed by atoms with E-state index < -0.39 is 0 Å². The molecule has 0 saturated carbocycles. The average molecular weight is 331 g/mol. The van der Waals surface area contributed by atoms with Gasteiger partial charge in [0.05, 0.1) is 17.8 Å². The highest BCUT2D eigenvalue weighted by atomic mass is 35.5. The number of hydrogen-bond acceptors (Lipinski definition) is 4. The topological polar surface area (TPSA) is 52.8 Å². The second-order valence-corrected chi connectivity index (χ2v) is 5.49. The molecule has 3 aromatic rings. The molecule has 0 bridgehead atoms. The summed E-state index contributed by atoms with van der Waals surface area (Å²) in [7, 11) is 1.54. The summed E-state index contributed by atoms with van der Waals surface area (Å²) in [4.78, 5) is 15.9. The molecule has 0 radical (unpaired) electrons. The zero-order valence-electron chi connectivity index (χ0n) is 12.7. The molecule has 0 fully saturated rings. The molecule has 23 heavy (non-hydrogen) atoms. The van der Waals surface area contributed by atoms with Crippen LogP contribution in [0.2, 0.25) is 5.02 Å². The number of rotatable bonds is 5. The summed E-state index contributed by atoms with van der Waals surface area (Å²) >= 11 is 5.96. The van der Waals surface area contributed by atoms with E-state index in [2.05, 4.69) is 4.98 Å². The Bertz CT molecular complexity index is 873. The monoisotopic (exact) mass is 330 g/mol. The number of imidazole rings is 1. The first-order chi connectivity index (χ1) is 11.1. The lowest BCUT2D eigenvalue weighted by molar-refractivity contribution is 0.101. The lowest BCUT2D eigenvalue weighted by Gasteiger charge is -2.10. The van der Waals surface area contributed by atoms with Crippen LogP contribution in [0.4, 0.5) is 0 Å². The molecule has 118 valence electrons. The van der Waals surface area contributed by atoms with E-state index in [0.29, 0.717) is 22.1 Å². The fourth-order valence-corrected chi connectivity index (χ4v) is 2.41. The molecule has 5 nitrogen and oxygen atoms in total. The van der Waals surface area contributed by atoms with E-state index in [9.17, 15) is 4.79 Å². The summed E-state index contributed by atoms with van der Waals surface area (Å²) in [6.45, 7) is 1.80. The number of ether oxygens (including phenoxy) is 2. The van der Waals surface area contributed by atoms with Gasteiger partial charge in [-0.25, -0.2) is 4.98 Å². The molecule has 0 saturated heterocycles. The van der Waals surface area contributed by atoms with E-state index in [1.54, 1.807) is 37.6 Å². The quantitative estimate of drug-likeness (QED) is 0.668. The van der Waals surface area contributed by atoms with Crippen molar-refractivity contribution < 1.29 is 14.3 Å². The van der Waals surface area contributed by atoms with Gasteiger partial charge in [0, 0.05) is 18.0 Å². The molecule has 0 spiro atoms. The minimum atomic E-state index is -0.0212. The Balaban J connectivity index is 1.80. The van der Waals surface area contributed by atoms with Crippen LogP contribution in [0.15, 0.2) is 42.7 Å². The number of fused-ring (bicyclic) bond motifs is 1. The van der Waals surface area contributed by atoms with Crippen molar-refractivity contribution in [2.45, 2.75) is 13.5 Å². The molecule has 0 aliphatic carbocycles. The Hall–Kier alpha value is -2.53. The van der Waals surface area contributed by atoms with Crippen molar-refractivity contribution in [3.8, 4) is 11.5 Å². The van der Waals surface area contributed by atoms with Gasteiger partial charge in [0.15, 0.2) is 17.3 Å². The fraction of sp³-hybridized carbons (Fsp3) is 0.176. The number of Topliss-reactive ketones (excluding diaryl/α,β-unsaturated/α-hetero) is 1. The molecule has 0 atom stereocenters. The van der Waals surface area contributed by atoms with Crippen molar-refractivity contribution in [2.24, 2.45) is 0 Å². The summed E-state index contributed by atoms with van der Waals surface area (Å²) in [5, 5.41) is 0.642. The second kappa shape index (κ2) is 6.30. The molecule has 2 aromatic heterocycles. The van der Waals surface area contributed by atoms with E-state index in [4.69, 9.17) is 21.1 Å². The first-order valence-electron chi connectivity index (χ1n) is 7.02. The molecule has 0 N–H and O–H groups in total. The van der Waals surface area contributed by atoms with Crippen LogP contribution in [-0.4, -0.2) is 22.3 Å². The summed E-state index contributed by atoms with van der Waals surface area (Å²) in [5.41, 5.74) is 2.15. The summed E-state index contributed by atoms with van der Waals surface area (Å²) in [6.07, 6.45) is 3.65. The van der Waals surface area contributed by atoms with Gasteiger partial charge in [-0.3, -0.25) is 4.79 Å². The van der Waals surface area contributed by atoms with Crippen molar-refractivity contribution in [1.29, 1.82) is 0 Å². The van der Waals surface area contributed by atoms with Crippen LogP contribution in [0.5, 0.6) is 11.5 Å². The Kier molecular flexibility index (Phi) is 4.21. The zero-order valence-corrected chi connectivity index (χ0v) is 13.5. The number of aromatic nitrogens is 2. The Labute approximate surface area is 138 Å². The summed E-state index contributed by atoms with van der Waals surface area (Å²) in [6, 6.07) is 8.74. The number of ketones is 1. The fourth-order valence-electron chi connectivity index (χ4n) is 2.24. The third-order valence-electron chi connectivity index (χ3n) is 3.41. The van der Waals surface area contributed by atoms with Crippen LogP contribution in [0, 0.1) is 0 Å². The highest BCUT2D eigenvalue weighted by Crippen LogP contribution is 2.29. The number of nitrogens with zero attached hydrogens (tertiary/aromatic N) is 2. The van der Waals surface area contributed by atoms with E-state index in [1.807, 2.05) is 16.7 Å². The number of halogens is 1. The smallest absolute Gasteiger partial charge is 0.161 e. The maximum Gasteiger partial charge on any atom is 0.161 e. The third-order valence-corrected chi connectivity index (χ3v) is 3.63. The van der Waals surface area contributed by atoms with Crippen LogP contribution in [-0.2, 0) is 6.61 Å². The number of carbonyl (C=O) groups is 1. The Morgan fingerprint density at radius 1 is 1.22 bits per heavy atom. The van der Waals surface area contributed by atoms with E-state index >= 15 is 0 Å². The number of hydrogen-bond donors (Lipinski definition) is 0. The van der Waals surface area contributed by atoms with Gasteiger partial charge in [-0.15, -0.1) is 0 Å². The van der Waals surface area contributed by atoms with E-state index in [1.165, 1.54) is 6.92 Å². The SMILES string of the molecule is COc1cc(C(C)=O)ccc1OCc1cn2cc(Cl)ccc2n1. The van der Waals surface area contributed by atoms with E-state index in [0.717, 1.165) is 11.3 Å². The van der Waals surface area contributed by atoms with Crippen LogP contribution in [0.3, 0.4) is 0 Å². The van der Waals surface area contributed by atoms with Crippen molar-refractivity contribution in [3.05, 3.63) is 59.0 Å². The van der Waals surface area contributed by atoms with Gasteiger partial charge in [-0.05, 0) is 37.3 Å². The number of pyridine rings is 1. The highest BCUT2D eigenvalue weighted by molar-refractivity contribution is 6.30. The summed E-state index contributed by atoms with van der Waals surface area (Å²) < 4.78 is 12.9. The van der Waals surface area contributed by atoms with Gasteiger partial charge in [-0.1, -0.05) is 11.6 Å². The van der Waals surface area contributed by atoms with E-state index in [-0.39, 0.29) is 12.4 Å². The largest absolute Gasteiger partial charge is 0.493 e. The molecule has 6 heteroatoms. The predicted molar refractivity (Wildman–Crippen MR) is 87.5 cm³/mol. The van der Waals surface area contributed by atoms with Gasteiger partial charge in [0.25, 0.3) is 0 Å². The molecule has 0 amide bonds. The normalized spacial score (nSPS) is 10.7. The van der Waals surface area contributed by atoms with Gasteiger partial charge in [-0.2, -0.15) is 0 Å². The van der Waals surface area contributed by atoms with Gasteiger partial charge >= 0.3 is 0 Å². The number of carbonyl (C=O) groups excluding carboxylic acids is 1. The second-order valence-electron chi connectivity index (χ2n) is 5.06. The molecule has 3 rings (SSSR count). The lowest BCUT2D eigenvalue weighted by Crippen LogP contribution is -2.00. The predicted octanol–water partition coefficient (Wildman–Crippen LogP) is 3.78. The van der Waals surface area contributed by atoms with Crippen molar-refractivity contribution in [1.82, 2.24) is 9.38 Å². The maximum absolute atomic E-state index is 11.4. The van der Waals surface area contributed by atoms with Crippen molar-refractivity contribution in [3.63, 3.8) is 0 Å². The van der Waals surface area contributed by atoms with Gasteiger partial charge < -0.3 is 13.9 Å². The Morgan fingerprint density at radius 2 is 2.04 bits per heavy atom. The highest BCUT2D eigenvalue weighted by Gasteiger charge is 2.10. The molecule has 2 heterocycles. The van der Waals surface area contributed by atoms with Crippen molar-refractivity contribution in [2.75, 3.05) is 7.11 Å². The van der Waals surface area contributed by atoms with Crippen molar-refractivity contribution >= 4 is 23.0 Å². The minimum Gasteiger partial charge on any atom is -0.493 e. The molecule has 1 aromatic carbocycles. The van der Waals surface area contributed by atoms with Crippen LogP contribution in [0.1, 0.15) is 23.0 Å². The minimum absolute atomic E-state index is 0.0212. The molecule has 0 aliphatic heterocycles. The molecular formula is C17H15ClN2O3.